The standard InChI is InChI=1S/C14H19NO/c1-2-8-13-12(6-1)7-5-9-14(13)16-15-10-3-4-11-15/h5,7,9H,1-4,6,8,10-11H2. The Morgan fingerprint density at radius 1 is 0.938 bits per heavy atom. The summed E-state index contributed by atoms with van der Waals surface area (Å²) in [6.45, 7) is 2.17. The number of hydrogen-bond acceptors (Lipinski definition) is 2. The fourth-order valence-corrected chi connectivity index (χ4v) is 2.75. The Kier molecular flexibility index (Phi) is 2.83. The van der Waals surface area contributed by atoms with E-state index < -0.39 is 0 Å². The lowest BCUT2D eigenvalue weighted by atomic mass is 9.91. The first-order valence-corrected chi connectivity index (χ1v) is 6.47. The molecular weight excluding hydrogens is 198 g/mol. The number of aryl methyl sites for hydroxylation is 1. The lowest BCUT2D eigenvalue weighted by Gasteiger charge is -2.22. The van der Waals surface area contributed by atoms with Gasteiger partial charge in [0.05, 0.1) is 0 Å². The molecule has 0 unspecified atom stereocenters. The first-order chi connectivity index (χ1) is 7.93. The zero-order valence-corrected chi connectivity index (χ0v) is 9.74. The van der Waals surface area contributed by atoms with E-state index in [-0.39, 0.29) is 0 Å². The number of fused-ring (bicyclic) bond motifs is 1. The fraction of sp³-hybridized carbons (Fsp3) is 0.571. The van der Waals surface area contributed by atoms with Crippen LogP contribution < -0.4 is 4.84 Å². The molecule has 16 heavy (non-hydrogen) atoms. The number of hydroxylamine groups is 2. The van der Waals surface area contributed by atoms with Crippen molar-refractivity contribution in [1.29, 1.82) is 0 Å². The van der Waals surface area contributed by atoms with Gasteiger partial charge < -0.3 is 4.84 Å². The summed E-state index contributed by atoms with van der Waals surface area (Å²) in [6, 6.07) is 6.52. The Morgan fingerprint density at radius 2 is 1.75 bits per heavy atom. The molecule has 0 N–H and O–H groups in total. The normalized spacial score (nSPS) is 20.8. The molecule has 2 nitrogen and oxygen atoms in total. The van der Waals surface area contributed by atoms with E-state index in [1.54, 1.807) is 0 Å². The van der Waals surface area contributed by atoms with E-state index in [0.29, 0.717) is 0 Å². The summed E-state index contributed by atoms with van der Waals surface area (Å²) in [5, 5.41) is 2.12. The number of hydrogen-bond donors (Lipinski definition) is 0. The van der Waals surface area contributed by atoms with Gasteiger partial charge in [0.1, 0.15) is 0 Å². The second-order valence-corrected chi connectivity index (χ2v) is 4.83. The summed E-state index contributed by atoms with van der Waals surface area (Å²) >= 11 is 0. The lowest BCUT2D eigenvalue weighted by Crippen LogP contribution is -2.24. The average molecular weight is 217 g/mol. The van der Waals surface area contributed by atoms with Gasteiger partial charge in [-0.15, -0.1) is 5.06 Å². The van der Waals surface area contributed by atoms with Crippen LogP contribution in [0.1, 0.15) is 36.8 Å². The van der Waals surface area contributed by atoms with Gasteiger partial charge in [0.15, 0.2) is 5.75 Å². The van der Waals surface area contributed by atoms with Crippen molar-refractivity contribution in [2.24, 2.45) is 0 Å². The molecule has 1 heterocycles. The summed E-state index contributed by atoms with van der Waals surface area (Å²) in [5.74, 6) is 1.11. The number of rotatable bonds is 2. The van der Waals surface area contributed by atoms with Crippen molar-refractivity contribution in [3.05, 3.63) is 29.3 Å². The number of nitrogens with zero attached hydrogens (tertiary/aromatic N) is 1. The van der Waals surface area contributed by atoms with Crippen molar-refractivity contribution >= 4 is 0 Å². The topological polar surface area (TPSA) is 12.5 Å². The molecule has 0 saturated carbocycles. The maximum atomic E-state index is 6.01. The van der Waals surface area contributed by atoms with Crippen LogP contribution in [-0.2, 0) is 12.8 Å². The van der Waals surface area contributed by atoms with E-state index in [0.717, 1.165) is 18.8 Å². The van der Waals surface area contributed by atoms with Gasteiger partial charge in [-0.05, 0) is 55.7 Å². The molecule has 1 saturated heterocycles. The molecule has 0 atom stereocenters. The van der Waals surface area contributed by atoms with Gasteiger partial charge in [0, 0.05) is 13.1 Å². The Labute approximate surface area is 97.2 Å². The van der Waals surface area contributed by atoms with Gasteiger partial charge >= 0.3 is 0 Å². The number of benzene rings is 1. The molecule has 0 amide bonds. The third kappa shape index (κ3) is 1.94. The SMILES string of the molecule is c1cc2c(c(ON3CCCC3)c1)CCCC2. The summed E-state index contributed by atoms with van der Waals surface area (Å²) < 4.78 is 0. The molecule has 0 bridgehead atoms. The molecule has 1 aromatic rings. The maximum absolute atomic E-state index is 6.01. The summed E-state index contributed by atoms with van der Waals surface area (Å²) in [4.78, 5) is 6.01. The van der Waals surface area contributed by atoms with Crippen molar-refractivity contribution < 1.29 is 4.84 Å². The monoisotopic (exact) mass is 217 g/mol. The van der Waals surface area contributed by atoms with E-state index in [4.69, 9.17) is 4.84 Å². The van der Waals surface area contributed by atoms with Crippen LogP contribution in [0.3, 0.4) is 0 Å². The second kappa shape index (κ2) is 4.46. The molecule has 2 aliphatic rings. The van der Waals surface area contributed by atoms with Crippen molar-refractivity contribution in [3.8, 4) is 5.75 Å². The van der Waals surface area contributed by atoms with E-state index >= 15 is 0 Å². The van der Waals surface area contributed by atoms with E-state index in [1.165, 1.54) is 49.7 Å². The Morgan fingerprint density at radius 3 is 2.62 bits per heavy atom. The Bertz CT molecular complexity index is 369. The molecule has 1 fully saturated rings. The highest BCUT2D eigenvalue weighted by molar-refractivity contribution is 5.41. The van der Waals surface area contributed by atoms with Crippen LogP contribution in [-0.4, -0.2) is 18.2 Å². The predicted molar refractivity (Wildman–Crippen MR) is 64.5 cm³/mol. The fourth-order valence-electron chi connectivity index (χ4n) is 2.75. The molecule has 0 spiro atoms. The van der Waals surface area contributed by atoms with E-state index in [9.17, 15) is 0 Å². The summed E-state index contributed by atoms with van der Waals surface area (Å²) in [7, 11) is 0. The molecule has 86 valence electrons. The van der Waals surface area contributed by atoms with Crippen molar-refractivity contribution in [2.75, 3.05) is 13.1 Å². The molecular formula is C14H19NO. The van der Waals surface area contributed by atoms with Crippen LogP contribution in [0.5, 0.6) is 5.75 Å². The molecule has 0 radical (unpaired) electrons. The molecule has 1 aromatic carbocycles. The molecule has 1 aliphatic carbocycles. The van der Waals surface area contributed by atoms with Crippen LogP contribution in [0, 0.1) is 0 Å². The first-order valence-electron chi connectivity index (χ1n) is 6.47. The van der Waals surface area contributed by atoms with E-state index in [1.807, 2.05) is 0 Å². The first kappa shape index (κ1) is 10.2. The van der Waals surface area contributed by atoms with E-state index in [2.05, 4.69) is 23.3 Å². The largest absolute Gasteiger partial charge is 0.406 e. The highest BCUT2D eigenvalue weighted by atomic mass is 16.7. The maximum Gasteiger partial charge on any atom is 0.150 e. The molecule has 0 aromatic heterocycles. The van der Waals surface area contributed by atoms with Crippen LogP contribution >= 0.6 is 0 Å². The van der Waals surface area contributed by atoms with Crippen molar-refractivity contribution in [3.63, 3.8) is 0 Å². The van der Waals surface area contributed by atoms with Gasteiger partial charge in [-0.1, -0.05) is 12.1 Å². The smallest absolute Gasteiger partial charge is 0.150 e. The van der Waals surface area contributed by atoms with Gasteiger partial charge in [-0.3, -0.25) is 0 Å². The second-order valence-electron chi connectivity index (χ2n) is 4.83. The minimum absolute atomic E-state index is 1.09. The summed E-state index contributed by atoms with van der Waals surface area (Å²) in [6.07, 6.45) is 7.61. The quantitative estimate of drug-likeness (QED) is 0.755. The van der Waals surface area contributed by atoms with Crippen LogP contribution in [0.25, 0.3) is 0 Å². The molecule has 2 heteroatoms. The molecule has 1 aliphatic heterocycles. The van der Waals surface area contributed by atoms with Gasteiger partial charge in [-0.25, -0.2) is 0 Å². The Balaban J connectivity index is 1.82. The average Bonchev–Trinajstić information content (AvgIpc) is 2.82. The highest BCUT2D eigenvalue weighted by Crippen LogP contribution is 2.30. The highest BCUT2D eigenvalue weighted by Gasteiger charge is 2.18. The third-order valence-corrected chi connectivity index (χ3v) is 3.65. The molecule has 3 rings (SSSR count). The van der Waals surface area contributed by atoms with Gasteiger partial charge in [0.25, 0.3) is 0 Å². The summed E-state index contributed by atoms with van der Waals surface area (Å²) in [5.41, 5.74) is 2.96. The lowest BCUT2D eigenvalue weighted by molar-refractivity contribution is -0.0357. The van der Waals surface area contributed by atoms with Gasteiger partial charge in [-0.2, -0.15) is 0 Å². The Hall–Kier alpha value is -1.02. The van der Waals surface area contributed by atoms with Crippen molar-refractivity contribution in [1.82, 2.24) is 5.06 Å². The van der Waals surface area contributed by atoms with Crippen LogP contribution in [0.4, 0.5) is 0 Å². The zero-order chi connectivity index (χ0) is 10.8. The minimum Gasteiger partial charge on any atom is -0.406 e. The van der Waals surface area contributed by atoms with Crippen molar-refractivity contribution in [2.45, 2.75) is 38.5 Å². The third-order valence-electron chi connectivity index (χ3n) is 3.65. The van der Waals surface area contributed by atoms with Gasteiger partial charge in [0.2, 0.25) is 0 Å². The van der Waals surface area contributed by atoms with Crippen LogP contribution in [0.2, 0.25) is 0 Å². The minimum atomic E-state index is 1.09. The van der Waals surface area contributed by atoms with Crippen LogP contribution in [0.15, 0.2) is 18.2 Å². The zero-order valence-electron chi connectivity index (χ0n) is 9.74. The predicted octanol–water partition coefficient (Wildman–Crippen LogP) is 2.96.